The fraction of sp³-hybridized carbons (Fsp3) is 0.615. The molecule has 0 N–H and O–H groups in total. The van der Waals surface area contributed by atoms with Gasteiger partial charge in [0.1, 0.15) is 0 Å². The molecule has 0 unspecified atom stereocenters. The highest BCUT2D eigenvalue weighted by molar-refractivity contribution is 7.11. The third-order valence-electron chi connectivity index (χ3n) is 2.36. The topological polar surface area (TPSA) is 65.5 Å². The van der Waals surface area contributed by atoms with Crippen molar-refractivity contribution in [3.8, 4) is 0 Å². The normalized spacial score (nSPS) is 10.3. The second kappa shape index (κ2) is 7.89. The summed E-state index contributed by atoms with van der Waals surface area (Å²) >= 11 is 1.47. The SMILES string of the molecule is CCOC(=O)CCCc1sc(C)nc1C(=O)OCC. The van der Waals surface area contributed by atoms with E-state index in [1.807, 2.05) is 6.92 Å². The fourth-order valence-corrected chi connectivity index (χ4v) is 2.59. The first-order valence-electron chi connectivity index (χ1n) is 6.37. The summed E-state index contributed by atoms with van der Waals surface area (Å²) in [4.78, 5) is 28.0. The number of aryl methyl sites for hydroxylation is 2. The van der Waals surface area contributed by atoms with E-state index in [9.17, 15) is 9.59 Å². The van der Waals surface area contributed by atoms with Gasteiger partial charge in [-0.05, 0) is 33.6 Å². The van der Waals surface area contributed by atoms with Crippen LogP contribution in [0.25, 0.3) is 0 Å². The molecule has 1 aromatic rings. The number of hydrogen-bond donors (Lipinski definition) is 0. The second-order valence-corrected chi connectivity index (χ2v) is 5.17. The lowest BCUT2D eigenvalue weighted by atomic mass is 10.2. The minimum absolute atomic E-state index is 0.207. The summed E-state index contributed by atoms with van der Waals surface area (Å²) in [5.41, 5.74) is 0.383. The van der Waals surface area contributed by atoms with E-state index in [1.54, 1.807) is 13.8 Å². The molecule has 0 aliphatic rings. The Morgan fingerprint density at radius 1 is 1.21 bits per heavy atom. The smallest absolute Gasteiger partial charge is 0.358 e. The van der Waals surface area contributed by atoms with Crippen LogP contribution in [0.5, 0.6) is 0 Å². The molecule has 6 heteroatoms. The Hall–Kier alpha value is -1.43. The van der Waals surface area contributed by atoms with Crippen molar-refractivity contribution in [2.45, 2.75) is 40.0 Å². The number of carbonyl (C=O) groups excluding carboxylic acids is 2. The molecule has 0 saturated carbocycles. The zero-order chi connectivity index (χ0) is 14.3. The number of rotatable bonds is 7. The molecular formula is C13H19NO4S. The largest absolute Gasteiger partial charge is 0.466 e. The van der Waals surface area contributed by atoms with Gasteiger partial charge in [-0.15, -0.1) is 11.3 Å². The summed E-state index contributed by atoms with van der Waals surface area (Å²) in [6.45, 7) is 6.12. The lowest BCUT2D eigenvalue weighted by Gasteiger charge is -2.03. The van der Waals surface area contributed by atoms with Gasteiger partial charge in [0.2, 0.25) is 0 Å². The highest BCUT2D eigenvalue weighted by Crippen LogP contribution is 2.21. The molecule has 0 spiro atoms. The number of carbonyl (C=O) groups is 2. The Balaban J connectivity index is 2.58. The van der Waals surface area contributed by atoms with Gasteiger partial charge in [-0.2, -0.15) is 0 Å². The Morgan fingerprint density at radius 3 is 2.53 bits per heavy atom. The third kappa shape index (κ3) is 4.98. The predicted octanol–water partition coefficient (Wildman–Crippen LogP) is 2.51. The molecule has 5 nitrogen and oxygen atoms in total. The van der Waals surface area contributed by atoms with Gasteiger partial charge < -0.3 is 9.47 Å². The molecule has 0 fully saturated rings. The van der Waals surface area contributed by atoms with Crippen LogP contribution in [0.4, 0.5) is 0 Å². The van der Waals surface area contributed by atoms with Gasteiger partial charge in [0, 0.05) is 11.3 Å². The van der Waals surface area contributed by atoms with Crippen LogP contribution in [0, 0.1) is 6.92 Å². The van der Waals surface area contributed by atoms with Crippen LogP contribution >= 0.6 is 11.3 Å². The molecule has 0 aromatic carbocycles. The summed E-state index contributed by atoms with van der Waals surface area (Å²) in [7, 11) is 0. The Bertz CT molecular complexity index is 442. The van der Waals surface area contributed by atoms with Gasteiger partial charge in [0.25, 0.3) is 0 Å². The number of aromatic nitrogens is 1. The van der Waals surface area contributed by atoms with Crippen LogP contribution < -0.4 is 0 Å². The van der Waals surface area contributed by atoms with Crippen molar-refractivity contribution in [1.29, 1.82) is 0 Å². The minimum Gasteiger partial charge on any atom is -0.466 e. The van der Waals surface area contributed by atoms with Gasteiger partial charge in [0.05, 0.1) is 18.2 Å². The van der Waals surface area contributed by atoms with E-state index in [0.29, 0.717) is 38.2 Å². The first-order chi connectivity index (χ1) is 9.08. The molecule has 0 aliphatic carbocycles. The molecule has 19 heavy (non-hydrogen) atoms. The lowest BCUT2D eigenvalue weighted by Crippen LogP contribution is -2.08. The Morgan fingerprint density at radius 2 is 1.89 bits per heavy atom. The van der Waals surface area contributed by atoms with Gasteiger partial charge in [-0.3, -0.25) is 4.79 Å². The van der Waals surface area contributed by atoms with Crippen molar-refractivity contribution in [2.75, 3.05) is 13.2 Å². The molecule has 0 saturated heterocycles. The zero-order valence-corrected chi connectivity index (χ0v) is 12.3. The minimum atomic E-state index is -0.391. The molecule has 1 aromatic heterocycles. The van der Waals surface area contributed by atoms with Crippen LogP contribution in [0.15, 0.2) is 0 Å². The van der Waals surface area contributed by atoms with Crippen LogP contribution in [0.2, 0.25) is 0 Å². The van der Waals surface area contributed by atoms with Crippen LogP contribution in [0.1, 0.15) is 47.1 Å². The van der Waals surface area contributed by atoms with Gasteiger partial charge >= 0.3 is 11.9 Å². The lowest BCUT2D eigenvalue weighted by molar-refractivity contribution is -0.143. The van der Waals surface area contributed by atoms with Crippen LogP contribution in [-0.2, 0) is 20.7 Å². The number of nitrogens with zero attached hydrogens (tertiary/aromatic N) is 1. The number of thiazole rings is 1. The van der Waals surface area contributed by atoms with Gasteiger partial charge in [0.15, 0.2) is 5.69 Å². The average molecular weight is 285 g/mol. The maximum absolute atomic E-state index is 11.7. The van der Waals surface area contributed by atoms with Crippen LogP contribution in [0.3, 0.4) is 0 Å². The number of ether oxygens (including phenoxy) is 2. The molecule has 0 amide bonds. The number of esters is 2. The van der Waals surface area contributed by atoms with E-state index in [2.05, 4.69) is 4.98 Å². The van der Waals surface area contributed by atoms with E-state index >= 15 is 0 Å². The Kier molecular flexibility index (Phi) is 6.49. The van der Waals surface area contributed by atoms with Crippen molar-refractivity contribution in [1.82, 2.24) is 4.98 Å². The van der Waals surface area contributed by atoms with E-state index in [-0.39, 0.29) is 5.97 Å². The van der Waals surface area contributed by atoms with E-state index < -0.39 is 5.97 Å². The van der Waals surface area contributed by atoms with Crippen molar-refractivity contribution < 1.29 is 19.1 Å². The molecular weight excluding hydrogens is 266 g/mol. The summed E-state index contributed by atoms with van der Waals surface area (Å²) in [6, 6.07) is 0. The molecule has 0 radical (unpaired) electrons. The molecule has 1 heterocycles. The second-order valence-electron chi connectivity index (χ2n) is 3.88. The molecule has 0 bridgehead atoms. The molecule has 0 aliphatic heterocycles. The highest BCUT2D eigenvalue weighted by atomic mass is 32.1. The first-order valence-corrected chi connectivity index (χ1v) is 7.19. The summed E-state index contributed by atoms with van der Waals surface area (Å²) in [5, 5.41) is 0.828. The van der Waals surface area contributed by atoms with E-state index in [0.717, 1.165) is 9.88 Å². The van der Waals surface area contributed by atoms with Gasteiger partial charge in [-0.25, -0.2) is 9.78 Å². The zero-order valence-electron chi connectivity index (χ0n) is 11.5. The molecule has 106 valence electrons. The van der Waals surface area contributed by atoms with Crippen molar-refractivity contribution in [3.63, 3.8) is 0 Å². The van der Waals surface area contributed by atoms with Crippen molar-refractivity contribution >= 4 is 23.3 Å². The first kappa shape index (κ1) is 15.6. The van der Waals surface area contributed by atoms with Crippen molar-refractivity contribution in [2.24, 2.45) is 0 Å². The van der Waals surface area contributed by atoms with E-state index in [1.165, 1.54) is 11.3 Å². The summed E-state index contributed by atoms with van der Waals surface area (Å²) in [6.07, 6.45) is 1.64. The monoisotopic (exact) mass is 285 g/mol. The van der Waals surface area contributed by atoms with Crippen molar-refractivity contribution in [3.05, 3.63) is 15.6 Å². The maximum atomic E-state index is 11.7. The summed E-state index contributed by atoms with van der Waals surface area (Å²) < 4.78 is 9.82. The standard InChI is InChI=1S/C13H19NO4S/c1-4-17-11(15)8-6-7-10-12(13(16)18-5-2)14-9(3)19-10/h4-8H2,1-3H3. The van der Waals surface area contributed by atoms with Gasteiger partial charge in [-0.1, -0.05) is 0 Å². The quantitative estimate of drug-likeness (QED) is 0.720. The maximum Gasteiger partial charge on any atom is 0.358 e. The summed E-state index contributed by atoms with van der Waals surface area (Å²) in [5.74, 6) is -0.598. The Labute approximate surface area is 116 Å². The van der Waals surface area contributed by atoms with E-state index in [4.69, 9.17) is 9.47 Å². The van der Waals surface area contributed by atoms with Crippen LogP contribution in [-0.4, -0.2) is 30.1 Å². The fourth-order valence-electron chi connectivity index (χ4n) is 1.62. The predicted molar refractivity (Wildman–Crippen MR) is 72.4 cm³/mol. The molecule has 1 rings (SSSR count). The third-order valence-corrected chi connectivity index (χ3v) is 3.39. The highest BCUT2D eigenvalue weighted by Gasteiger charge is 2.18. The average Bonchev–Trinajstić information content (AvgIpc) is 2.71. The number of hydrogen-bond acceptors (Lipinski definition) is 6. The molecule has 0 atom stereocenters.